The van der Waals surface area contributed by atoms with E-state index in [1.54, 1.807) is 6.07 Å². The van der Waals surface area contributed by atoms with Gasteiger partial charge < -0.3 is 20.7 Å². The summed E-state index contributed by atoms with van der Waals surface area (Å²) in [5, 5.41) is 3.32. The maximum atomic E-state index is 12.6. The number of carbonyl (C=O) groups is 2. The number of carbonyl (C=O) groups excluding carboxylic acids is 2. The lowest BCUT2D eigenvalue weighted by Gasteiger charge is -2.31. The standard InChI is InChI=1S/C23H28ClN3O3.ClH/c1-30-22-14-20(25)19(24)13-18(22)23(29)26-15-16-7-10-27(11-8-16)12-9-21(28)17-5-3-2-4-6-17;/h2-6,13-14,16H,7-12,15,25H2,1H3,(H,26,29);1H. The number of amides is 1. The van der Waals surface area contributed by atoms with Crippen LogP contribution in [0.2, 0.25) is 5.02 Å². The monoisotopic (exact) mass is 465 g/mol. The molecule has 1 fully saturated rings. The van der Waals surface area contributed by atoms with Crippen LogP contribution in [-0.2, 0) is 0 Å². The second-order valence-electron chi connectivity index (χ2n) is 7.61. The van der Waals surface area contributed by atoms with E-state index in [-0.39, 0.29) is 24.1 Å². The molecule has 2 aromatic rings. The Balaban J connectivity index is 0.00000341. The van der Waals surface area contributed by atoms with E-state index in [0.717, 1.165) is 38.0 Å². The molecule has 1 amide bonds. The predicted octanol–water partition coefficient (Wildman–Crippen LogP) is 4.07. The number of likely N-dealkylation sites (tertiary alicyclic amines) is 1. The number of nitrogen functional groups attached to an aromatic ring is 1. The molecule has 31 heavy (non-hydrogen) atoms. The van der Waals surface area contributed by atoms with E-state index in [0.29, 0.717) is 40.9 Å². The molecule has 0 unspecified atom stereocenters. The minimum Gasteiger partial charge on any atom is -0.496 e. The van der Waals surface area contributed by atoms with E-state index in [9.17, 15) is 9.59 Å². The summed E-state index contributed by atoms with van der Waals surface area (Å²) >= 11 is 6.05. The van der Waals surface area contributed by atoms with E-state index >= 15 is 0 Å². The van der Waals surface area contributed by atoms with Crippen molar-refractivity contribution in [2.24, 2.45) is 5.92 Å². The summed E-state index contributed by atoms with van der Waals surface area (Å²) < 4.78 is 5.25. The summed E-state index contributed by atoms with van der Waals surface area (Å²) in [6.07, 6.45) is 2.50. The highest BCUT2D eigenvalue weighted by atomic mass is 35.5. The molecule has 6 nitrogen and oxygen atoms in total. The largest absolute Gasteiger partial charge is 0.496 e. The van der Waals surface area contributed by atoms with Crippen LogP contribution in [0.3, 0.4) is 0 Å². The Morgan fingerprint density at radius 3 is 2.52 bits per heavy atom. The molecule has 0 aromatic heterocycles. The molecular formula is C23H29Cl2N3O3. The van der Waals surface area contributed by atoms with Crippen LogP contribution in [0, 0.1) is 5.92 Å². The summed E-state index contributed by atoms with van der Waals surface area (Å²) in [7, 11) is 1.50. The summed E-state index contributed by atoms with van der Waals surface area (Å²) in [4.78, 5) is 27.1. The van der Waals surface area contributed by atoms with Crippen LogP contribution in [0.1, 0.15) is 40.0 Å². The minimum atomic E-state index is -0.218. The van der Waals surface area contributed by atoms with E-state index in [1.165, 1.54) is 13.2 Å². The fourth-order valence-corrected chi connectivity index (χ4v) is 3.85. The van der Waals surface area contributed by atoms with Crippen LogP contribution in [0.25, 0.3) is 0 Å². The van der Waals surface area contributed by atoms with Gasteiger partial charge >= 0.3 is 0 Å². The molecule has 0 bridgehead atoms. The quantitative estimate of drug-likeness (QED) is 0.453. The number of piperidine rings is 1. The first-order valence-corrected chi connectivity index (χ1v) is 10.6. The predicted molar refractivity (Wildman–Crippen MR) is 127 cm³/mol. The number of hydrogen-bond acceptors (Lipinski definition) is 5. The lowest BCUT2D eigenvalue weighted by atomic mass is 9.96. The van der Waals surface area contributed by atoms with E-state index in [4.69, 9.17) is 22.1 Å². The fraction of sp³-hybridized carbons (Fsp3) is 0.391. The summed E-state index contributed by atoms with van der Waals surface area (Å²) in [6.45, 7) is 3.23. The molecule has 3 rings (SSSR count). The Labute approximate surface area is 194 Å². The maximum absolute atomic E-state index is 12.6. The van der Waals surface area contributed by atoms with Gasteiger partial charge in [-0.2, -0.15) is 0 Å². The van der Waals surface area contributed by atoms with Gasteiger partial charge in [0, 0.05) is 31.1 Å². The summed E-state index contributed by atoms with van der Waals surface area (Å²) in [6, 6.07) is 12.5. The van der Waals surface area contributed by atoms with Crippen molar-refractivity contribution in [1.29, 1.82) is 0 Å². The third-order valence-corrected chi connectivity index (χ3v) is 5.90. The zero-order valence-electron chi connectivity index (χ0n) is 17.6. The lowest BCUT2D eigenvalue weighted by molar-refractivity contribution is 0.0914. The molecule has 1 saturated heterocycles. The second-order valence-corrected chi connectivity index (χ2v) is 8.02. The third kappa shape index (κ3) is 6.86. The number of hydrogen-bond donors (Lipinski definition) is 2. The van der Waals surface area contributed by atoms with Crippen molar-refractivity contribution in [3.8, 4) is 5.75 Å². The number of nitrogens with two attached hydrogens (primary N) is 1. The van der Waals surface area contributed by atoms with Gasteiger partial charge in [0.05, 0.1) is 23.4 Å². The first-order valence-electron chi connectivity index (χ1n) is 10.2. The molecule has 1 aliphatic heterocycles. The zero-order chi connectivity index (χ0) is 21.5. The average molecular weight is 466 g/mol. The number of rotatable bonds is 8. The highest BCUT2D eigenvalue weighted by molar-refractivity contribution is 6.33. The maximum Gasteiger partial charge on any atom is 0.255 e. The Morgan fingerprint density at radius 1 is 1.19 bits per heavy atom. The molecular weight excluding hydrogens is 437 g/mol. The fourth-order valence-electron chi connectivity index (χ4n) is 3.69. The van der Waals surface area contributed by atoms with E-state index < -0.39 is 0 Å². The Kier molecular flexibility index (Phi) is 9.62. The highest BCUT2D eigenvalue weighted by Gasteiger charge is 2.21. The van der Waals surface area contributed by atoms with Crippen molar-refractivity contribution >= 4 is 41.4 Å². The molecule has 168 valence electrons. The summed E-state index contributed by atoms with van der Waals surface area (Å²) in [5.74, 6) is 0.781. The van der Waals surface area contributed by atoms with Crippen LogP contribution in [0.4, 0.5) is 5.69 Å². The number of ether oxygens (including phenoxy) is 1. The van der Waals surface area contributed by atoms with Crippen LogP contribution >= 0.6 is 24.0 Å². The molecule has 0 spiro atoms. The van der Waals surface area contributed by atoms with Crippen molar-refractivity contribution in [3.63, 3.8) is 0 Å². The zero-order valence-corrected chi connectivity index (χ0v) is 19.2. The topological polar surface area (TPSA) is 84.7 Å². The van der Waals surface area contributed by atoms with Crippen LogP contribution in [0.5, 0.6) is 5.75 Å². The van der Waals surface area contributed by atoms with Gasteiger partial charge in [-0.25, -0.2) is 0 Å². The summed E-state index contributed by atoms with van der Waals surface area (Å²) in [5.41, 5.74) is 7.31. The van der Waals surface area contributed by atoms with Gasteiger partial charge in [0.2, 0.25) is 0 Å². The van der Waals surface area contributed by atoms with Gasteiger partial charge in [-0.1, -0.05) is 41.9 Å². The first kappa shape index (κ1) is 25.0. The molecule has 1 aliphatic rings. The highest BCUT2D eigenvalue weighted by Crippen LogP contribution is 2.29. The molecule has 1 heterocycles. The number of halogens is 2. The number of methoxy groups -OCH3 is 1. The average Bonchev–Trinajstić information content (AvgIpc) is 2.78. The van der Waals surface area contributed by atoms with E-state index in [1.807, 2.05) is 30.3 Å². The number of ketones is 1. The molecule has 3 N–H and O–H groups in total. The van der Waals surface area contributed by atoms with Crippen LogP contribution < -0.4 is 15.8 Å². The molecule has 8 heteroatoms. The number of Topliss-reactive ketones (excluding diaryl/α,β-unsaturated/α-hetero) is 1. The molecule has 2 aromatic carbocycles. The molecule has 0 aliphatic carbocycles. The van der Waals surface area contributed by atoms with Gasteiger partial charge in [-0.3, -0.25) is 9.59 Å². The first-order chi connectivity index (χ1) is 14.5. The van der Waals surface area contributed by atoms with Gasteiger partial charge in [0.15, 0.2) is 5.78 Å². The number of nitrogens with one attached hydrogen (secondary N) is 1. The second kappa shape index (κ2) is 11.9. The third-order valence-electron chi connectivity index (χ3n) is 5.57. The normalized spacial score (nSPS) is 14.5. The van der Waals surface area contributed by atoms with Crippen molar-refractivity contribution in [2.45, 2.75) is 19.3 Å². The van der Waals surface area contributed by atoms with E-state index in [2.05, 4.69) is 10.2 Å². The molecule has 0 atom stereocenters. The van der Waals surface area contributed by atoms with Gasteiger partial charge in [-0.05, 0) is 37.9 Å². The van der Waals surface area contributed by atoms with Gasteiger partial charge in [0.1, 0.15) is 5.75 Å². The SMILES string of the molecule is COc1cc(N)c(Cl)cc1C(=O)NCC1CCN(CCC(=O)c2ccccc2)CC1.Cl. The van der Waals surface area contributed by atoms with Crippen LogP contribution in [0.15, 0.2) is 42.5 Å². The van der Waals surface area contributed by atoms with Crippen molar-refractivity contribution < 1.29 is 14.3 Å². The Morgan fingerprint density at radius 2 is 1.87 bits per heavy atom. The Hall–Kier alpha value is -2.28. The smallest absolute Gasteiger partial charge is 0.255 e. The number of benzene rings is 2. The minimum absolute atomic E-state index is 0. The number of nitrogens with zero attached hydrogens (tertiary/aromatic N) is 1. The van der Waals surface area contributed by atoms with Gasteiger partial charge in [0.25, 0.3) is 5.91 Å². The van der Waals surface area contributed by atoms with Crippen molar-refractivity contribution in [3.05, 3.63) is 58.6 Å². The molecule has 0 saturated carbocycles. The molecule has 0 radical (unpaired) electrons. The van der Waals surface area contributed by atoms with Gasteiger partial charge in [-0.15, -0.1) is 12.4 Å². The lowest BCUT2D eigenvalue weighted by Crippen LogP contribution is -2.39. The number of anilines is 1. The van der Waals surface area contributed by atoms with Crippen molar-refractivity contribution in [2.75, 3.05) is 39.0 Å². The Bertz CT molecular complexity index is 885. The van der Waals surface area contributed by atoms with Crippen molar-refractivity contribution in [1.82, 2.24) is 10.2 Å². The van der Waals surface area contributed by atoms with Crippen LogP contribution in [-0.4, -0.2) is 49.9 Å².